The monoisotopic (exact) mass is 1520 g/mol. The van der Waals surface area contributed by atoms with Crippen molar-refractivity contribution < 1.29 is 8.83 Å². The van der Waals surface area contributed by atoms with Crippen LogP contribution in [0.3, 0.4) is 0 Å². The molecule has 23 aromatic rings. The molecule has 0 aliphatic rings. The molecule has 6 aromatic heterocycles. The zero-order chi connectivity index (χ0) is 78.6. The molecule has 12 nitrogen and oxygen atoms in total. The second-order valence-electron chi connectivity index (χ2n) is 30.2. The molecule has 0 bridgehead atoms. The van der Waals surface area contributed by atoms with Gasteiger partial charge in [-0.2, -0.15) is 0 Å². The normalized spacial score (nSPS) is 11.7. The van der Waals surface area contributed by atoms with Crippen molar-refractivity contribution in [3.8, 4) is 90.8 Å². The van der Waals surface area contributed by atoms with Gasteiger partial charge in [0.2, 0.25) is 0 Å². The van der Waals surface area contributed by atoms with E-state index in [4.69, 9.17) is 38.7 Å². The van der Waals surface area contributed by atoms with Crippen LogP contribution in [0, 0.1) is 6.92 Å². The Labute approximate surface area is 683 Å². The van der Waals surface area contributed by atoms with Crippen LogP contribution in [-0.2, 0) is 0 Å². The lowest BCUT2D eigenvalue weighted by Gasteiger charge is -2.26. The van der Waals surface area contributed by atoms with Gasteiger partial charge in [-0.15, -0.1) is 0 Å². The Kier molecular flexibility index (Phi) is 16.2. The molecular formula is C107H68N10O2. The van der Waals surface area contributed by atoms with E-state index in [-0.39, 0.29) is 0 Å². The number of rotatable bonds is 15. The summed E-state index contributed by atoms with van der Waals surface area (Å²) >= 11 is 0. The first kappa shape index (κ1) is 68.4. The fourth-order valence-corrected chi connectivity index (χ4v) is 17.4. The van der Waals surface area contributed by atoms with E-state index in [0.717, 1.165) is 188 Å². The molecule has 0 N–H and O–H groups in total. The van der Waals surface area contributed by atoms with Gasteiger partial charge in [-0.3, -0.25) is 0 Å². The number of nitrogens with zero attached hydrogens (tertiary/aromatic N) is 10. The average molecular weight is 1530 g/mol. The van der Waals surface area contributed by atoms with Gasteiger partial charge in [-0.05, 0) is 180 Å². The molecule has 0 aliphatic heterocycles. The number of hydrogen-bond donors (Lipinski definition) is 0. The van der Waals surface area contributed by atoms with Crippen LogP contribution in [0.15, 0.2) is 403 Å². The van der Waals surface area contributed by atoms with E-state index in [1.165, 1.54) is 5.39 Å². The highest BCUT2D eigenvalue weighted by Gasteiger charge is 2.26. The van der Waals surface area contributed by atoms with Crippen molar-refractivity contribution in [2.24, 2.45) is 0 Å². The topological polar surface area (TPSA) is 120 Å². The number of furan rings is 2. The van der Waals surface area contributed by atoms with Crippen LogP contribution >= 0.6 is 0 Å². The zero-order valence-electron chi connectivity index (χ0n) is 64.3. The Hall–Kier alpha value is -16.2. The summed E-state index contributed by atoms with van der Waals surface area (Å²) in [5, 5.41) is 11.1. The Morgan fingerprint density at radius 3 is 1.13 bits per heavy atom. The van der Waals surface area contributed by atoms with E-state index in [1.54, 1.807) is 0 Å². The molecule has 0 fully saturated rings. The number of fused-ring (bicyclic) bond motifs is 13. The van der Waals surface area contributed by atoms with Crippen molar-refractivity contribution >= 4 is 132 Å². The van der Waals surface area contributed by atoms with Crippen molar-refractivity contribution in [1.82, 2.24) is 39.0 Å². The van der Waals surface area contributed by atoms with Crippen LogP contribution in [0.25, 0.3) is 189 Å². The highest BCUT2D eigenvalue weighted by Crippen LogP contribution is 2.49. The largest absolute Gasteiger partial charge is 0.454 e. The summed E-state index contributed by atoms with van der Waals surface area (Å²) in [5.74, 6) is 3.55. The second kappa shape index (κ2) is 28.1. The summed E-state index contributed by atoms with van der Waals surface area (Å²) < 4.78 is 18.5. The van der Waals surface area contributed by atoms with Gasteiger partial charge in [0.05, 0.1) is 33.4 Å². The minimum Gasteiger partial charge on any atom is -0.454 e. The molecule has 0 aliphatic carbocycles. The molecule has 23 rings (SSSR count). The number of hydrogen-bond acceptors (Lipinski definition) is 10. The third-order valence-electron chi connectivity index (χ3n) is 23.1. The number of para-hydroxylation sites is 6. The first-order valence-electron chi connectivity index (χ1n) is 40.0. The predicted octanol–water partition coefficient (Wildman–Crippen LogP) is 28.1. The van der Waals surface area contributed by atoms with Gasteiger partial charge in [0.25, 0.3) is 0 Å². The Morgan fingerprint density at radius 1 is 0.218 bits per heavy atom. The first-order valence-corrected chi connectivity index (χ1v) is 40.0. The SMILES string of the molecule is Cc1cccc2c1oc1c(N(c3ccc4ccccc4c3)c3ccc4c(c3)c3ccccc3n4-c3ccc(-c4nc(-c5ccccc5)nc(-c5cccc(-c6ccc(N(c7ccc8c(c7)c7ccccc7n8-c7ccc(-c8nc(-c9ccccc9)nc(-c9ccccc9)n8)cc7)c7cccc8c7oc7ccccc78)cc6)c5)n4)cc3)cccc12. The smallest absolute Gasteiger partial charge is 0.164 e. The van der Waals surface area contributed by atoms with Gasteiger partial charge in [0, 0.05) is 111 Å². The maximum Gasteiger partial charge on any atom is 0.164 e. The maximum atomic E-state index is 6.89. The van der Waals surface area contributed by atoms with Crippen molar-refractivity contribution in [2.45, 2.75) is 6.92 Å². The molecule has 17 aromatic carbocycles. The minimum absolute atomic E-state index is 0.563. The lowest BCUT2D eigenvalue weighted by atomic mass is 10.0. The average Bonchev–Trinajstić information content (AvgIpc) is 1.55. The van der Waals surface area contributed by atoms with Crippen LogP contribution in [0.4, 0.5) is 34.1 Å². The molecular weight excluding hydrogens is 1460 g/mol. The van der Waals surface area contributed by atoms with Crippen molar-refractivity contribution in [3.63, 3.8) is 0 Å². The van der Waals surface area contributed by atoms with E-state index >= 15 is 0 Å². The van der Waals surface area contributed by atoms with Crippen LogP contribution in [0.5, 0.6) is 0 Å². The van der Waals surface area contributed by atoms with Crippen molar-refractivity contribution in [1.29, 1.82) is 0 Å². The molecule has 0 spiro atoms. The van der Waals surface area contributed by atoms with Gasteiger partial charge in [0.1, 0.15) is 11.2 Å². The summed E-state index contributed by atoms with van der Waals surface area (Å²) in [5.41, 5.74) is 24.0. The van der Waals surface area contributed by atoms with Gasteiger partial charge < -0.3 is 27.8 Å². The Bertz CT molecular complexity index is 7880. The summed E-state index contributed by atoms with van der Waals surface area (Å²) in [4.78, 5) is 35.5. The molecule has 119 heavy (non-hydrogen) atoms. The summed E-state index contributed by atoms with van der Waals surface area (Å²) in [6, 6.07) is 139. The molecule has 12 heteroatoms. The maximum absolute atomic E-state index is 6.89. The predicted molar refractivity (Wildman–Crippen MR) is 486 cm³/mol. The standard InChI is InChI=1S/C107H68N10O2/c1-67-23-19-37-88-89-39-22-43-97(101(89)119-99(67)88)115(81-58-47-68-24-11-12-31-76(68)64-81)83-60-62-95-91(66-83)85-35-14-17-41-93(85)117(95)80-56-50-74(51-57-80)106-111-104(72-29-9-4-10-30-72)112-107(113-106)77-33-20-32-75(63-77)69-45-52-78(53-46-69)114(96-42-21-38-87-86-36-15-18-44-98(86)118-100(87)96)82-59-61-94-90(65-82)84-34-13-16-40-92(84)116(94)79-54-48-73(49-55-79)105-109-102(70-25-5-2-6-26-70)108-103(110-105)71-27-7-3-8-28-71/h2-66H,1H3. The summed E-state index contributed by atoms with van der Waals surface area (Å²) in [6.07, 6.45) is 0. The number of benzene rings is 17. The highest BCUT2D eigenvalue weighted by molar-refractivity contribution is 6.16. The van der Waals surface area contributed by atoms with Gasteiger partial charge in [-0.25, -0.2) is 29.9 Å². The summed E-state index contributed by atoms with van der Waals surface area (Å²) in [6.45, 7) is 2.11. The quantitative estimate of drug-likeness (QED) is 0.0981. The molecule has 0 saturated carbocycles. The van der Waals surface area contributed by atoms with E-state index in [9.17, 15) is 0 Å². The first-order chi connectivity index (χ1) is 58.9. The van der Waals surface area contributed by atoms with Crippen LogP contribution < -0.4 is 9.80 Å². The number of aryl methyl sites for hydroxylation is 1. The third kappa shape index (κ3) is 11.8. The number of aromatic nitrogens is 8. The molecule has 6 heterocycles. The summed E-state index contributed by atoms with van der Waals surface area (Å²) in [7, 11) is 0. The van der Waals surface area contributed by atoms with E-state index in [0.29, 0.717) is 34.9 Å². The Balaban J connectivity index is 0.586. The van der Waals surface area contributed by atoms with Crippen LogP contribution in [0.2, 0.25) is 0 Å². The van der Waals surface area contributed by atoms with Crippen molar-refractivity contribution in [2.75, 3.05) is 9.80 Å². The number of anilines is 6. The van der Waals surface area contributed by atoms with Gasteiger partial charge >= 0.3 is 0 Å². The molecule has 0 atom stereocenters. The van der Waals surface area contributed by atoms with E-state index in [1.807, 2.05) is 91.0 Å². The van der Waals surface area contributed by atoms with E-state index < -0.39 is 0 Å². The molecule has 558 valence electrons. The second-order valence-corrected chi connectivity index (χ2v) is 30.2. The van der Waals surface area contributed by atoms with Crippen LogP contribution in [-0.4, -0.2) is 39.0 Å². The lowest BCUT2D eigenvalue weighted by Crippen LogP contribution is -2.10. The molecule has 0 unspecified atom stereocenters. The zero-order valence-corrected chi connectivity index (χ0v) is 64.3. The molecule has 0 amide bonds. The van der Waals surface area contributed by atoms with Gasteiger partial charge in [0.15, 0.2) is 46.1 Å². The van der Waals surface area contributed by atoms with Crippen LogP contribution in [0.1, 0.15) is 5.56 Å². The van der Waals surface area contributed by atoms with Crippen molar-refractivity contribution in [3.05, 3.63) is 400 Å². The lowest BCUT2D eigenvalue weighted by molar-refractivity contribution is 0.666. The molecule has 0 saturated heterocycles. The highest BCUT2D eigenvalue weighted by atomic mass is 16.3. The minimum atomic E-state index is 0.563. The van der Waals surface area contributed by atoms with E-state index in [2.05, 4.69) is 329 Å². The fourth-order valence-electron chi connectivity index (χ4n) is 17.4. The molecule has 0 radical (unpaired) electrons. The Morgan fingerprint density at radius 2 is 0.580 bits per heavy atom. The third-order valence-corrected chi connectivity index (χ3v) is 23.1. The fraction of sp³-hybridized carbons (Fsp3) is 0.00935. The van der Waals surface area contributed by atoms with Gasteiger partial charge in [-0.1, -0.05) is 249 Å².